The summed E-state index contributed by atoms with van der Waals surface area (Å²) >= 11 is 6.38. The number of hydrogen-bond donors (Lipinski definition) is 2. The van der Waals surface area contributed by atoms with E-state index in [4.69, 9.17) is 11.6 Å². The van der Waals surface area contributed by atoms with Crippen molar-refractivity contribution in [1.29, 1.82) is 0 Å². The van der Waals surface area contributed by atoms with Crippen LogP contribution in [0.15, 0.2) is 18.3 Å². The third-order valence-electron chi connectivity index (χ3n) is 3.75. The van der Waals surface area contributed by atoms with E-state index in [9.17, 15) is 5.11 Å². The first-order valence-electron chi connectivity index (χ1n) is 7.69. The van der Waals surface area contributed by atoms with Crippen molar-refractivity contribution in [2.45, 2.75) is 39.2 Å². The molecule has 116 valence electrons. The fraction of sp³-hybridized carbons (Fsp3) is 0.562. The zero-order valence-corrected chi connectivity index (χ0v) is 13.5. The van der Waals surface area contributed by atoms with Crippen molar-refractivity contribution in [3.8, 4) is 0 Å². The summed E-state index contributed by atoms with van der Waals surface area (Å²) in [5, 5.41) is 18.8. The van der Waals surface area contributed by atoms with E-state index in [2.05, 4.69) is 28.9 Å². The Kier molecular flexibility index (Phi) is 6.03. The Bertz CT molecular complexity index is 564. The molecule has 0 saturated carbocycles. The minimum Gasteiger partial charge on any atom is -0.388 e. The van der Waals surface area contributed by atoms with E-state index in [1.165, 1.54) is 0 Å². The monoisotopic (exact) mass is 309 g/mol. The summed E-state index contributed by atoms with van der Waals surface area (Å²) in [6.07, 6.45) is 4.14. The van der Waals surface area contributed by atoms with Gasteiger partial charge in [-0.3, -0.25) is 5.10 Å². The highest BCUT2D eigenvalue weighted by Crippen LogP contribution is 2.31. The topological polar surface area (TPSA) is 52.1 Å². The Morgan fingerprint density at radius 1 is 1.24 bits per heavy atom. The van der Waals surface area contributed by atoms with E-state index in [0.717, 1.165) is 48.9 Å². The molecule has 5 heteroatoms. The van der Waals surface area contributed by atoms with Gasteiger partial charge in [0.2, 0.25) is 0 Å². The number of fused-ring (bicyclic) bond motifs is 1. The van der Waals surface area contributed by atoms with E-state index < -0.39 is 6.10 Å². The van der Waals surface area contributed by atoms with Gasteiger partial charge < -0.3 is 10.0 Å². The van der Waals surface area contributed by atoms with Crippen LogP contribution in [0.3, 0.4) is 0 Å². The number of H-pyrrole nitrogens is 1. The van der Waals surface area contributed by atoms with Crippen LogP contribution < -0.4 is 0 Å². The van der Waals surface area contributed by atoms with Gasteiger partial charge in [0.15, 0.2) is 0 Å². The molecule has 0 spiro atoms. The van der Waals surface area contributed by atoms with Gasteiger partial charge >= 0.3 is 0 Å². The van der Waals surface area contributed by atoms with Crippen LogP contribution in [-0.2, 0) is 0 Å². The number of nitrogens with zero attached hydrogens (tertiary/aromatic N) is 2. The van der Waals surface area contributed by atoms with Crippen molar-refractivity contribution in [2.24, 2.45) is 0 Å². The lowest BCUT2D eigenvalue weighted by Gasteiger charge is -2.23. The number of aromatic amines is 1. The van der Waals surface area contributed by atoms with E-state index in [-0.39, 0.29) is 0 Å². The SMILES string of the molecule is CCCN(CCC)CCC(O)c1ccc2[nH]ncc2c1Cl. The van der Waals surface area contributed by atoms with Crippen LogP contribution in [0.1, 0.15) is 44.8 Å². The molecule has 21 heavy (non-hydrogen) atoms. The van der Waals surface area contributed by atoms with Crippen molar-refractivity contribution in [2.75, 3.05) is 19.6 Å². The van der Waals surface area contributed by atoms with E-state index in [0.29, 0.717) is 11.4 Å². The number of aliphatic hydroxyl groups is 1. The Morgan fingerprint density at radius 2 is 1.95 bits per heavy atom. The minimum absolute atomic E-state index is 0.534. The molecule has 0 bridgehead atoms. The standard InChI is InChI=1S/C16H24ClN3O/c1-3-8-20(9-4-2)10-7-15(21)12-5-6-14-13(16(12)17)11-18-19-14/h5-6,11,15,21H,3-4,7-10H2,1-2H3,(H,18,19). The zero-order chi connectivity index (χ0) is 15.2. The van der Waals surface area contributed by atoms with Crippen LogP contribution >= 0.6 is 11.6 Å². The van der Waals surface area contributed by atoms with Gasteiger partial charge in [-0.25, -0.2) is 0 Å². The second-order valence-electron chi connectivity index (χ2n) is 5.45. The summed E-state index contributed by atoms with van der Waals surface area (Å²) in [7, 11) is 0. The maximum atomic E-state index is 10.4. The third kappa shape index (κ3) is 3.96. The Balaban J connectivity index is 2.04. The van der Waals surface area contributed by atoms with Gasteiger partial charge in [-0.15, -0.1) is 0 Å². The van der Waals surface area contributed by atoms with E-state index in [1.54, 1.807) is 6.20 Å². The second-order valence-corrected chi connectivity index (χ2v) is 5.82. The molecule has 0 amide bonds. The fourth-order valence-corrected chi connectivity index (χ4v) is 3.02. The van der Waals surface area contributed by atoms with Crippen LogP contribution in [0, 0.1) is 0 Å². The lowest BCUT2D eigenvalue weighted by atomic mass is 10.0. The number of rotatable bonds is 8. The van der Waals surface area contributed by atoms with Gasteiger partial charge in [-0.1, -0.05) is 31.5 Å². The third-order valence-corrected chi connectivity index (χ3v) is 4.17. The van der Waals surface area contributed by atoms with Gasteiger partial charge in [-0.2, -0.15) is 5.10 Å². The van der Waals surface area contributed by atoms with Crippen molar-refractivity contribution in [1.82, 2.24) is 15.1 Å². The van der Waals surface area contributed by atoms with Crippen molar-refractivity contribution < 1.29 is 5.11 Å². The molecular formula is C16H24ClN3O. The first-order chi connectivity index (χ1) is 10.2. The maximum absolute atomic E-state index is 10.4. The summed E-state index contributed by atoms with van der Waals surface area (Å²) in [6.45, 7) is 7.41. The van der Waals surface area contributed by atoms with Gasteiger partial charge in [0.25, 0.3) is 0 Å². The molecule has 0 aliphatic rings. The fourth-order valence-electron chi connectivity index (χ4n) is 2.69. The average Bonchev–Trinajstić information content (AvgIpc) is 2.95. The molecule has 0 saturated heterocycles. The molecule has 1 aromatic carbocycles. The minimum atomic E-state index is -0.534. The smallest absolute Gasteiger partial charge is 0.0816 e. The highest BCUT2D eigenvalue weighted by molar-refractivity contribution is 6.36. The quantitative estimate of drug-likeness (QED) is 0.780. The summed E-state index contributed by atoms with van der Waals surface area (Å²) in [6, 6.07) is 3.81. The summed E-state index contributed by atoms with van der Waals surface area (Å²) in [4.78, 5) is 2.40. The molecule has 1 atom stereocenters. The predicted octanol–water partition coefficient (Wildman–Crippen LogP) is 3.76. The Morgan fingerprint density at radius 3 is 2.62 bits per heavy atom. The molecule has 1 aromatic heterocycles. The van der Waals surface area contributed by atoms with Crippen LogP contribution in [0.5, 0.6) is 0 Å². The number of halogens is 1. The average molecular weight is 310 g/mol. The molecule has 2 aromatic rings. The zero-order valence-electron chi connectivity index (χ0n) is 12.8. The first-order valence-corrected chi connectivity index (χ1v) is 8.07. The van der Waals surface area contributed by atoms with Crippen molar-refractivity contribution in [3.05, 3.63) is 28.9 Å². The predicted molar refractivity (Wildman–Crippen MR) is 87.7 cm³/mol. The summed E-state index contributed by atoms with van der Waals surface area (Å²) < 4.78 is 0. The highest BCUT2D eigenvalue weighted by Gasteiger charge is 2.16. The molecule has 0 aliphatic carbocycles. The second kappa shape index (κ2) is 7.78. The summed E-state index contributed by atoms with van der Waals surface area (Å²) in [5.41, 5.74) is 1.69. The highest BCUT2D eigenvalue weighted by atomic mass is 35.5. The van der Waals surface area contributed by atoms with Gasteiger partial charge in [0, 0.05) is 11.9 Å². The van der Waals surface area contributed by atoms with E-state index >= 15 is 0 Å². The Labute approximate surface area is 131 Å². The van der Waals surface area contributed by atoms with Gasteiger partial charge in [-0.05, 0) is 44.0 Å². The summed E-state index contributed by atoms with van der Waals surface area (Å²) in [5.74, 6) is 0. The van der Waals surface area contributed by atoms with Crippen LogP contribution in [0.4, 0.5) is 0 Å². The number of nitrogens with one attached hydrogen (secondary N) is 1. The lowest BCUT2D eigenvalue weighted by Crippen LogP contribution is -2.27. The number of benzene rings is 1. The van der Waals surface area contributed by atoms with Crippen LogP contribution in [-0.4, -0.2) is 39.8 Å². The van der Waals surface area contributed by atoms with Crippen molar-refractivity contribution >= 4 is 22.5 Å². The first kappa shape index (κ1) is 16.3. The lowest BCUT2D eigenvalue weighted by molar-refractivity contribution is 0.142. The van der Waals surface area contributed by atoms with Gasteiger partial charge in [0.05, 0.1) is 22.8 Å². The van der Waals surface area contributed by atoms with E-state index in [1.807, 2.05) is 12.1 Å². The molecule has 1 unspecified atom stereocenters. The van der Waals surface area contributed by atoms with Crippen LogP contribution in [0.25, 0.3) is 10.9 Å². The normalized spacial score (nSPS) is 13.2. The maximum Gasteiger partial charge on any atom is 0.0816 e. The molecule has 2 N–H and O–H groups in total. The molecule has 4 nitrogen and oxygen atoms in total. The molecule has 0 radical (unpaired) electrons. The molecular weight excluding hydrogens is 286 g/mol. The Hall–Kier alpha value is -1.10. The molecule has 1 heterocycles. The van der Waals surface area contributed by atoms with Crippen LogP contribution in [0.2, 0.25) is 5.02 Å². The largest absolute Gasteiger partial charge is 0.388 e. The molecule has 0 fully saturated rings. The molecule has 2 rings (SSSR count). The number of hydrogen-bond acceptors (Lipinski definition) is 3. The molecule has 0 aliphatic heterocycles. The van der Waals surface area contributed by atoms with Crippen molar-refractivity contribution in [3.63, 3.8) is 0 Å². The van der Waals surface area contributed by atoms with Gasteiger partial charge in [0.1, 0.15) is 0 Å². The number of aromatic nitrogens is 2. The number of aliphatic hydroxyl groups excluding tert-OH is 1.